The van der Waals surface area contributed by atoms with Gasteiger partial charge in [-0.15, -0.1) is 0 Å². The number of carbonyl (C=O) groups is 3. The van der Waals surface area contributed by atoms with Crippen LogP contribution < -0.4 is 5.32 Å². The lowest BCUT2D eigenvalue weighted by molar-refractivity contribution is -0.140. The van der Waals surface area contributed by atoms with E-state index in [2.05, 4.69) is 5.32 Å². The summed E-state index contributed by atoms with van der Waals surface area (Å²) in [4.78, 5) is 32.6. The van der Waals surface area contributed by atoms with E-state index in [1.54, 1.807) is 12.1 Å². The molecule has 0 saturated heterocycles. The molecule has 0 bridgehead atoms. The van der Waals surface area contributed by atoms with Gasteiger partial charge in [0.25, 0.3) is 0 Å². The summed E-state index contributed by atoms with van der Waals surface area (Å²) in [5.74, 6) is -1.65. The average molecular weight is 256 g/mol. The zero-order chi connectivity index (χ0) is 12.8. The van der Waals surface area contributed by atoms with E-state index in [1.807, 2.05) is 0 Å². The lowest BCUT2D eigenvalue weighted by Gasteiger charge is -2.10. The van der Waals surface area contributed by atoms with E-state index in [9.17, 15) is 14.4 Å². The van der Waals surface area contributed by atoms with Crippen LogP contribution in [0.15, 0.2) is 24.3 Å². The fourth-order valence-electron chi connectivity index (χ4n) is 1.26. The van der Waals surface area contributed by atoms with Gasteiger partial charge in [0.1, 0.15) is 6.04 Å². The van der Waals surface area contributed by atoms with Crippen molar-refractivity contribution in [2.45, 2.75) is 12.5 Å². The number of aliphatic carboxylic acids is 1. The average Bonchev–Trinajstić information content (AvgIpc) is 2.28. The molecule has 1 aromatic carbocycles. The predicted molar refractivity (Wildman–Crippen MR) is 61.0 cm³/mol. The van der Waals surface area contributed by atoms with E-state index >= 15 is 0 Å². The van der Waals surface area contributed by atoms with Crippen LogP contribution in [-0.2, 0) is 9.59 Å². The predicted octanol–water partition coefficient (Wildman–Crippen LogP) is 1.11. The van der Waals surface area contributed by atoms with Crippen LogP contribution in [0.1, 0.15) is 16.8 Å². The van der Waals surface area contributed by atoms with Crippen LogP contribution in [0.2, 0.25) is 5.02 Å². The number of amides is 1. The summed E-state index contributed by atoms with van der Waals surface area (Å²) in [6.45, 7) is 0. The van der Waals surface area contributed by atoms with E-state index in [4.69, 9.17) is 16.7 Å². The van der Waals surface area contributed by atoms with Crippen molar-refractivity contribution < 1.29 is 19.5 Å². The van der Waals surface area contributed by atoms with Crippen molar-refractivity contribution in [2.24, 2.45) is 0 Å². The van der Waals surface area contributed by atoms with Crippen LogP contribution in [0, 0.1) is 0 Å². The van der Waals surface area contributed by atoms with Gasteiger partial charge in [-0.25, -0.2) is 4.79 Å². The lowest BCUT2D eigenvalue weighted by Crippen LogP contribution is -2.37. The number of ketones is 1. The second kappa shape index (κ2) is 6.00. The van der Waals surface area contributed by atoms with E-state index in [-0.39, 0.29) is 12.8 Å². The molecule has 0 aromatic heterocycles. The summed E-state index contributed by atoms with van der Waals surface area (Å²) >= 11 is 5.71. The first kappa shape index (κ1) is 13.2. The summed E-state index contributed by atoms with van der Waals surface area (Å²) in [6.07, 6.45) is -0.0571. The highest BCUT2D eigenvalue weighted by Gasteiger charge is 2.21. The molecule has 6 heteroatoms. The number of hydrogen-bond donors (Lipinski definition) is 2. The number of carboxylic acid groups (broad SMARTS) is 1. The minimum Gasteiger partial charge on any atom is -0.480 e. The molecule has 0 spiro atoms. The Hall–Kier alpha value is -1.88. The van der Waals surface area contributed by atoms with Crippen LogP contribution in [0.3, 0.4) is 0 Å². The monoisotopic (exact) mass is 255 g/mol. The number of benzene rings is 1. The Balaban J connectivity index is 2.77. The van der Waals surface area contributed by atoms with Crippen molar-refractivity contribution in [3.05, 3.63) is 34.9 Å². The molecule has 0 aliphatic carbocycles. The van der Waals surface area contributed by atoms with Crippen LogP contribution in [0.5, 0.6) is 0 Å². The maximum absolute atomic E-state index is 11.7. The summed E-state index contributed by atoms with van der Waals surface area (Å²) in [6, 6.07) is 4.96. The van der Waals surface area contributed by atoms with Crippen LogP contribution >= 0.6 is 11.6 Å². The highest BCUT2D eigenvalue weighted by atomic mass is 35.5. The fourth-order valence-corrected chi connectivity index (χ4v) is 1.46. The van der Waals surface area contributed by atoms with Crippen molar-refractivity contribution in [1.29, 1.82) is 0 Å². The van der Waals surface area contributed by atoms with Crippen molar-refractivity contribution in [3.63, 3.8) is 0 Å². The Bertz CT molecular complexity index is 447. The SMILES string of the molecule is O=CNC(CC(=O)c1cccc(Cl)c1)C(=O)O. The number of rotatable bonds is 6. The number of carboxylic acids is 1. The highest BCUT2D eigenvalue weighted by Crippen LogP contribution is 2.13. The molecule has 5 nitrogen and oxygen atoms in total. The zero-order valence-electron chi connectivity index (χ0n) is 8.72. The van der Waals surface area contributed by atoms with Crippen molar-refractivity contribution in [1.82, 2.24) is 5.32 Å². The topological polar surface area (TPSA) is 83.5 Å². The van der Waals surface area contributed by atoms with Gasteiger partial charge in [-0.05, 0) is 12.1 Å². The molecular weight excluding hydrogens is 246 g/mol. The molecule has 0 fully saturated rings. The number of Topliss-reactive ketones (excluding diaryl/α,β-unsaturated/α-hetero) is 1. The summed E-state index contributed by atoms with van der Waals surface area (Å²) < 4.78 is 0. The Labute approximate surface area is 102 Å². The van der Waals surface area contributed by atoms with Gasteiger partial charge in [0.05, 0.1) is 0 Å². The van der Waals surface area contributed by atoms with Gasteiger partial charge < -0.3 is 10.4 Å². The smallest absolute Gasteiger partial charge is 0.326 e. The maximum atomic E-state index is 11.7. The largest absolute Gasteiger partial charge is 0.480 e. The molecule has 0 heterocycles. The Morgan fingerprint density at radius 1 is 1.47 bits per heavy atom. The number of hydrogen-bond acceptors (Lipinski definition) is 3. The van der Waals surface area contributed by atoms with Gasteiger partial charge in [0.2, 0.25) is 6.41 Å². The summed E-state index contributed by atoms with van der Waals surface area (Å²) in [7, 11) is 0. The second-order valence-electron chi connectivity index (χ2n) is 3.31. The second-order valence-corrected chi connectivity index (χ2v) is 3.75. The molecule has 0 aliphatic heterocycles. The number of carbonyl (C=O) groups excluding carboxylic acids is 2. The summed E-state index contributed by atoms with van der Waals surface area (Å²) in [5.41, 5.74) is 0.316. The fraction of sp³-hybridized carbons (Fsp3) is 0.182. The molecule has 2 N–H and O–H groups in total. The molecule has 0 saturated carbocycles. The van der Waals surface area contributed by atoms with Crippen LogP contribution in [-0.4, -0.2) is 29.3 Å². The highest BCUT2D eigenvalue weighted by molar-refractivity contribution is 6.31. The quantitative estimate of drug-likeness (QED) is 0.589. The molecule has 90 valence electrons. The lowest BCUT2D eigenvalue weighted by atomic mass is 10.0. The molecule has 1 amide bonds. The van der Waals surface area contributed by atoms with Crippen molar-refractivity contribution in [2.75, 3.05) is 0 Å². The molecular formula is C11H10ClNO4. The first-order chi connectivity index (χ1) is 8.04. The van der Waals surface area contributed by atoms with E-state index in [1.165, 1.54) is 12.1 Å². The molecule has 0 radical (unpaired) electrons. The number of nitrogens with one attached hydrogen (secondary N) is 1. The molecule has 1 aromatic rings. The standard InChI is InChI=1S/C11H10ClNO4/c12-8-3-1-2-7(4-8)10(15)5-9(11(16)17)13-6-14/h1-4,6,9H,5H2,(H,13,14)(H,16,17). The molecule has 0 aliphatic rings. The van der Waals surface area contributed by atoms with Crippen LogP contribution in [0.4, 0.5) is 0 Å². The van der Waals surface area contributed by atoms with Gasteiger partial charge >= 0.3 is 5.97 Å². The normalized spacial score (nSPS) is 11.6. The molecule has 1 atom stereocenters. The van der Waals surface area contributed by atoms with Crippen molar-refractivity contribution in [3.8, 4) is 0 Å². The van der Waals surface area contributed by atoms with Gasteiger partial charge in [0.15, 0.2) is 5.78 Å². The van der Waals surface area contributed by atoms with Gasteiger partial charge in [-0.2, -0.15) is 0 Å². The molecule has 17 heavy (non-hydrogen) atoms. The van der Waals surface area contributed by atoms with Crippen molar-refractivity contribution >= 4 is 29.8 Å². The Morgan fingerprint density at radius 3 is 2.71 bits per heavy atom. The van der Waals surface area contributed by atoms with Gasteiger partial charge in [-0.1, -0.05) is 23.7 Å². The Morgan fingerprint density at radius 2 is 2.18 bits per heavy atom. The van der Waals surface area contributed by atoms with Gasteiger partial charge in [-0.3, -0.25) is 9.59 Å². The third-order valence-corrected chi connectivity index (χ3v) is 2.34. The Kier molecular flexibility index (Phi) is 4.66. The third-order valence-electron chi connectivity index (χ3n) is 2.10. The maximum Gasteiger partial charge on any atom is 0.326 e. The molecule has 1 unspecified atom stereocenters. The van der Waals surface area contributed by atoms with E-state index < -0.39 is 17.8 Å². The molecule has 1 rings (SSSR count). The van der Waals surface area contributed by atoms with E-state index in [0.29, 0.717) is 10.6 Å². The van der Waals surface area contributed by atoms with Crippen LogP contribution in [0.25, 0.3) is 0 Å². The minimum absolute atomic E-state index is 0.254. The zero-order valence-corrected chi connectivity index (χ0v) is 9.48. The third kappa shape index (κ3) is 3.88. The first-order valence-corrected chi connectivity index (χ1v) is 5.13. The van der Waals surface area contributed by atoms with Gasteiger partial charge in [0, 0.05) is 17.0 Å². The number of halogens is 1. The minimum atomic E-state index is -1.26. The summed E-state index contributed by atoms with van der Waals surface area (Å²) in [5, 5.41) is 11.2. The first-order valence-electron chi connectivity index (χ1n) is 4.76. The van der Waals surface area contributed by atoms with E-state index in [0.717, 1.165) is 0 Å².